The third kappa shape index (κ3) is 4.41. The molecule has 0 aliphatic rings. The maximum absolute atomic E-state index is 12.4. The third-order valence-electron chi connectivity index (χ3n) is 4.30. The molecule has 0 fully saturated rings. The first-order valence-electron chi connectivity index (χ1n) is 8.56. The molecule has 27 heavy (non-hydrogen) atoms. The molecule has 0 radical (unpaired) electrons. The van der Waals surface area contributed by atoms with Gasteiger partial charge in [0.15, 0.2) is 12.4 Å². The number of rotatable bonds is 6. The molecule has 1 N–H and O–H groups in total. The largest absolute Gasteiger partial charge is 0.484 e. The van der Waals surface area contributed by atoms with E-state index in [1.807, 2.05) is 32.0 Å². The molecule has 0 saturated heterocycles. The van der Waals surface area contributed by atoms with Crippen molar-refractivity contribution in [2.24, 2.45) is 7.05 Å². The number of nitrogens with zero attached hydrogens (tertiary/aromatic N) is 2. The first-order valence-corrected chi connectivity index (χ1v) is 8.56. The molecule has 6 heteroatoms. The van der Waals surface area contributed by atoms with Gasteiger partial charge >= 0.3 is 0 Å². The van der Waals surface area contributed by atoms with Crippen LogP contribution in [-0.2, 0) is 11.8 Å². The Balaban J connectivity index is 1.57. The highest BCUT2D eigenvalue weighted by atomic mass is 16.5. The second kappa shape index (κ2) is 7.86. The molecule has 0 unspecified atom stereocenters. The fourth-order valence-corrected chi connectivity index (χ4v) is 2.57. The van der Waals surface area contributed by atoms with Crippen LogP contribution in [0.5, 0.6) is 5.75 Å². The lowest BCUT2D eigenvalue weighted by molar-refractivity contribution is -0.118. The zero-order valence-electron chi connectivity index (χ0n) is 15.5. The normalized spacial score (nSPS) is 10.5. The number of amides is 1. The van der Waals surface area contributed by atoms with Crippen LogP contribution in [-0.4, -0.2) is 27.8 Å². The number of nitrogens with one attached hydrogen (secondary N) is 1. The minimum Gasteiger partial charge on any atom is -0.484 e. The van der Waals surface area contributed by atoms with Gasteiger partial charge in [0, 0.05) is 30.7 Å². The Kier molecular flexibility index (Phi) is 5.35. The molecule has 0 saturated carbocycles. The van der Waals surface area contributed by atoms with Crippen molar-refractivity contribution in [3.63, 3.8) is 0 Å². The highest BCUT2D eigenvalue weighted by Crippen LogP contribution is 2.17. The number of imidazole rings is 1. The molecule has 6 nitrogen and oxygen atoms in total. The van der Waals surface area contributed by atoms with Gasteiger partial charge in [0.05, 0.1) is 0 Å². The highest BCUT2D eigenvalue weighted by Gasteiger charge is 2.13. The fourth-order valence-electron chi connectivity index (χ4n) is 2.57. The predicted octanol–water partition coefficient (Wildman–Crippen LogP) is 3.29. The Morgan fingerprint density at radius 2 is 1.81 bits per heavy atom. The highest BCUT2D eigenvalue weighted by molar-refractivity contribution is 6.07. The van der Waals surface area contributed by atoms with Crippen molar-refractivity contribution in [1.82, 2.24) is 9.55 Å². The van der Waals surface area contributed by atoms with Gasteiger partial charge in [-0.2, -0.15) is 0 Å². The lowest BCUT2D eigenvalue weighted by atomic mass is 10.1. The quantitative estimate of drug-likeness (QED) is 0.682. The van der Waals surface area contributed by atoms with Gasteiger partial charge in [0.2, 0.25) is 5.78 Å². The van der Waals surface area contributed by atoms with Crippen LogP contribution < -0.4 is 10.1 Å². The summed E-state index contributed by atoms with van der Waals surface area (Å²) in [5, 5.41) is 2.75. The summed E-state index contributed by atoms with van der Waals surface area (Å²) in [4.78, 5) is 28.5. The van der Waals surface area contributed by atoms with Crippen molar-refractivity contribution in [3.05, 3.63) is 77.4 Å². The second-order valence-electron chi connectivity index (χ2n) is 6.35. The average Bonchev–Trinajstić information content (AvgIpc) is 3.09. The van der Waals surface area contributed by atoms with Crippen molar-refractivity contribution in [3.8, 4) is 5.75 Å². The van der Waals surface area contributed by atoms with Crippen LogP contribution in [0.4, 0.5) is 5.69 Å². The minimum absolute atomic E-state index is 0.0869. The summed E-state index contributed by atoms with van der Waals surface area (Å²) >= 11 is 0. The third-order valence-corrected chi connectivity index (χ3v) is 4.30. The number of carbonyl (C=O) groups excluding carboxylic acids is 2. The van der Waals surface area contributed by atoms with E-state index in [-0.39, 0.29) is 18.3 Å². The predicted molar refractivity (Wildman–Crippen MR) is 103 cm³/mol. The van der Waals surface area contributed by atoms with Gasteiger partial charge in [-0.25, -0.2) is 4.98 Å². The van der Waals surface area contributed by atoms with Gasteiger partial charge in [-0.15, -0.1) is 0 Å². The van der Waals surface area contributed by atoms with Gasteiger partial charge in [0.1, 0.15) is 5.75 Å². The molecule has 0 spiro atoms. The molecule has 0 aliphatic carbocycles. The molecule has 138 valence electrons. The van der Waals surface area contributed by atoms with Gasteiger partial charge < -0.3 is 14.6 Å². The van der Waals surface area contributed by atoms with Crippen molar-refractivity contribution >= 4 is 17.4 Å². The number of carbonyl (C=O) groups is 2. The van der Waals surface area contributed by atoms with E-state index in [0.29, 0.717) is 22.8 Å². The molecule has 0 aliphatic heterocycles. The van der Waals surface area contributed by atoms with E-state index in [1.54, 1.807) is 48.3 Å². The Labute approximate surface area is 157 Å². The summed E-state index contributed by atoms with van der Waals surface area (Å²) in [7, 11) is 1.77. The minimum atomic E-state index is -0.267. The smallest absolute Gasteiger partial charge is 0.262 e. The second-order valence-corrected chi connectivity index (χ2v) is 6.35. The van der Waals surface area contributed by atoms with Crippen molar-refractivity contribution in [2.45, 2.75) is 13.8 Å². The van der Waals surface area contributed by atoms with Gasteiger partial charge in [0.25, 0.3) is 5.91 Å². The monoisotopic (exact) mass is 363 g/mol. The van der Waals surface area contributed by atoms with Crippen molar-refractivity contribution in [1.29, 1.82) is 0 Å². The molecular weight excluding hydrogens is 342 g/mol. The molecule has 1 heterocycles. The van der Waals surface area contributed by atoms with Crippen LogP contribution in [0.2, 0.25) is 0 Å². The van der Waals surface area contributed by atoms with Crippen LogP contribution in [0, 0.1) is 13.8 Å². The molecule has 0 bridgehead atoms. The Hall–Kier alpha value is -3.41. The molecule has 0 atom stereocenters. The Morgan fingerprint density at radius 3 is 2.44 bits per heavy atom. The van der Waals surface area contributed by atoms with E-state index in [0.717, 1.165) is 5.56 Å². The number of hydrogen-bond donors (Lipinski definition) is 1. The van der Waals surface area contributed by atoms with Gasteiger partial charge in [-0.3, -0.25) is 9.59 Å². The first kappa shape index (κ1) is 18.4. The van der Waals surface area contributed by atoms with Crippen LogP contribution in [0.1, 0.15) is 27.3 Å². The lowest BCUT2D eigenvalue weighted by Gasteiger charge is -2.09. The first-order chi connectivity index (χ1) is 12.9. The van der Waals surface area contributed by atoms with Crippen molar-refractivity contribution in [2.75, 3.05) is 11.9 Å². The Morgan fingerprint density at radius 1 is 1.07 bits per heavy atom. The summed E-state index contributed by atoms with van der Waals surface area (Å²) < 4.78 is 7.19. The SMILES string of the molecule is Cc1ccc(OCC(=O)Nc2ccc(C(=O)c3nccn3C)cc2)cc1C. The number of aromatic nitrogens is 2. The van der Waals surface area contributed by atoms with Crippen LogP contribution in [0.25, 0.3) is 0 Å². The maximum Gasteiger partial charge on any atom is 0.262 e. The number of benzene rings is 2. The standard InChI is InChI=1S/C21H21N3O3/c1-14-4-9-18(12-15(14)2)27-13-19(25)23-17-7-5-16(6-8-17)20(26)21-22-10-11-24(21)3/h4-12H,13H2,1-3H3,(H,23,25). The topological polar surface area (TPSA) is 73.2 Å². The zero-order chi connectivity index (χ0) is 19.4. The number of hydrogen-bond acceptors (Lipinski definition) is 4. The summed E-state index contributed by atoms with van der Waals surface area (Å²) in [6, 6.07) is 12.4. The molecular formula is C21H21N3O3. The van der Waals surface area contributed by atoms with E-state index in [9.17, 15) is 9.59 Å². The number of anilines is 1. The molecule has 3 rings (SSSR count). The van der Waals surface area contributed by atoms with Crippen molar-refractivity contribution < 1.29 is 14.3 Å². The lowest BCUT2D eigenvalue weighted by Crippen LogP contribution is -2.20. The summed E-state index contributed by atoms with van der Waals surface area (Å²) in [5.41, 5.74) is 3.39. The van der Waals surface area contributed by atoms with E-state index < -0.39 is 0 Å². The number of ether oxygens (including phenoxy) is 1. The van der Waals surface area contributed by atoms with Crippen LogP contribution >= 0.6 is 0 Å². The Bertz CT molecular complexity index is 975. The molecule has 1 amide bonds. The van der Waals surface area contributed by atoms with E-state index >= 15 is 0 Å². The van der Waals surface area contributed by atoms with E-state index in [4.69, 9.17) is 4.74 Å². The summed E-state index contributed by atoms with van der Waals surface area (Å²) in [6.07, 6.45) is 3.30. The molecule has 1 aromatic heterocycles. The number of aryl methyl sites for hydroxylation is 3. The maximum atomic E-state index is 12.4. The van der Waals surface area contributed by atoms with Gasteiger partial charge in [-0.05, 0) is 61.4 Å². The summed E-state index contributed by atoms with van der Waals surface area (Å²) in [5.74, 6) is 0.590. The molecule has 2 aromatic carbocycles. The van der Waals surface area contributed by atoms with Gasteiger partial charge in [-0.1, -0.05) is 6.07 Å². The zero-order valence-corrected chi connectivity index (χ0v) is 15.5. The van der Waals surface area contributed by atoms with Crippen LogP contribution in [0.15, 0.2) is 54.9 Å². The van der Waals surface area contributed by atoms with E-state index in [1.165, 1.54) is 5.56 Å². The summed E-state index contributed by atoms with van der Waals surface area (Å²) in [6.45, 7) is 3.93. The molecule has 3 aromatic rings. The fraction of sp³-hybridized carbons (Fsp3) is 0.190. The van der Waals surface area contributed by atoms with Crippen LogP contribution in [0.3, 0.4) is 0 Å². The average molecular weight is 363 g/mol. The number of ketones is 1. The van der Waals surface area contributed by atoms with E-state index in [2.05, 4.69) is 10.3 Å².